The van der Waals surface area contributed by atoms with Crippen LogP contribution < -0.4 is 10.6 Å². The van der Waals surface area contributed by atoms with Crippen LogP contribution in [0, 0.1) is 0 Å². The first-order chi connectivity index (χ1) is 14.2. The molecule has 1 aromatic carbocycles. The number of hydrogen-bond donors (Lipinski definition) is 2. The lowest BCUT2D eigenvalue weighted by Crippen LogP contribution is -2.44. The first-order valence-electron chi connectivity index (χ1n) is 9.96. The molecule has 0 unspecified atom stereocenters. The summed E-state index contributed by atoms with van der Waals surface area (Å²) in [6.07, 6.45) is 2.91. The maximum atomic E-state index is 12.1. The van der Waals surface area contributed by atoms with Gasteiger partial charge in [0.1, 0.15) is 12.2 Å². The number of esters is 1. The fourth-order valence-electron chi connectivity index (χ4n) is 2.29. The van der Waals surface area contributed by atoms with E-state index in [9.17, 15) is 14.4 Å². The molecule has 1 atom stereocenters. The van der Waals surface area contributed by atoms with E-state index in [1.54, 1.807) is 39.8 Å². The number of ether oxygens (including phenoxy) is 3. The Morgan fingerprint density at radius 3 is 2.40 bits per heavy atom. The number of amides is 2. The van der Waals surface area contributed by atoms with E-state index in [2.05, 4.69) is 10.6 Å². The first-order valence-corrected chi connectivity index (χ1v) is 9.96. The molecular formula is C22H32N2O6. The minimum atomic E-state index is -0.628. The summed E-state index contributed by atoms with van der Waals surface area (Å²) in [7, 11) is 0. The van der Waals surface area contributed by atoms with E-state index in [4.69, 9.17) is 14.2 Å². The van der Waals surface area contributed by atoms with Gasteiger partial charge in [-0.25, -0.2) is 9.59 Å². The Morgan fingerprint density at radius 1 is 1.07 bits per heavy atom. The zero-order chi connectivity index (χ0) is 22.4. The molecule has 0 spiro atoms. The number of carbonyl (C=O) groups is 3. The van der Waals surface area contributed by atoms with Gasteiger partial charge in [0.25, 0.3) is 0 Å². The summed E-state index contributed by atoms with van der Waals surface area (Å²) in [5.41, 5.74) is 0.234. The molecule has 0 saturated heterocycles. The lowest BCUT2D eigenvalue weighted by atomic mass is 10.2. The standard InChI is InChI=1S/C22H32N2O6/c1-5-28-19(25)14-10-9-13-18(15-23-20(26)30-22(2,3)4)24-21(27)29-16-17-11-7-6-8-12-17/h6-9,11-13,18H,5,10,14-16H2,1-4H3,(H,23,26)(H,24,27)/t18-/m1/s1. The number of alkyl carbamates (subject to hydrolysis) is 2. The van der Waals surface area contributed by atoms with Crippen molar-refractivity contribution in [1.29, 1.82) is 0 Å². The Balaban J connectivity index is 2.57. The van der Waals surface area contributed by atoms with E-state index >= 15 is 0 Å². The monoisotopic (exact) mass is 420 g/mol. The van der Waals surface area contributed by atoms with Gasteiger partial charge in [-0.1, -0.05) is 42.5 Å². The van der Waals surface area contributed by atoms with Crippen LogP contribution in [0.4, 0.5) is 9.59 Å². The van der Waals surface area contributed by atoms with Crippen LogP contribution in [0.2, 0.25) is 0 Å². The summed E-state index contributed by atoms with van der Waals surface area (Å²) in [6.45, 7) is 7.60. The highest BCUT2D eigenvalue weighted by molar-refractivity contribution is 5.70. The summed E-state index contributed by atoms with van der Waals surface area (Å²) in [5.74, 6) is -0.291. The van der Waals surface area contributed by atoms with Crippen molar-refractivity contribution in [3.8, 4) is 0 Å². The summed E-state index contributed by atoms with van der Waals surface area (Å²) >= 11 is 0. The second kappa shape index (κ2) is 13.2. The number of rotatable bonds is 10. The van der Waals surface area contributed by atoms with E-state index in [0.29, 0.717) is 13.0 Å². The second-order valence-corrected chi connectivity index (χ2v) is 7.47. The molecule has 0 bridgehead atoms. The molecule has 0 saturated carbocycles. The van der Waals surface area contributed by atoms with E-state index in [1.165, 1.54) is 0 Å². The average molecular weight is 421 g/mol. The number of carbonyl (C=O) groups excluding carboxylic acids is 3. The minimum Gasteiger partial charge on any atom is -0.466 e. The largest absolute Gasteiger partial charge is 0.466 e. The highest BCUT2D eigenvalue weighted by atomic mass is 16.6. The molecule has 0 aliphatic rings. The molecule has 0 radical (unpaired) electrons. The zero-order valence-electron chi connectivity index (χ0n) is 18.1. The second-order valence-electron chi connectivity index (χ2n) is 7.47. The minimum absolute atomic E-state index is 0.102. The van der Waals surface area contributed by atoms with Crippen LogP contribution in [-0.4, -0.2) is 43.0 Å². The fourth-order valence-corrected chi connectivity index (χ4v) is 2.29. The molecule has 0 aliphatic heterocycles. The van der Waals surface area contributed by atoms with Gasteiger partial charge >= 0.3 is 18.2 Å². The summed E-state index contributed by atoms with van der Waals surface area (Å²) < 4.78 is 15.3. The fraction of sp³-hybridized carbons (Fsp3) is 0.500. The van der Waals surface area contributed by atoms with E-state index < -0.39 is 23.8 Å². The van der Waals surface area contributed by atoms with Crippen LogP contribution in [0.25, 0.3) is 0 Å². The number of allylic oxidation sites excluding steroid dienone is 1. The highest BCUT2D eigenvalue weighted by Gasteiger charge is 2.18. The molecule has 0 heterocycles. The molecule has 30 heavy (non-hydrogen) atoms. The smallest absolute Gasteiger partial charge is 0.407 e. The molecule has 2 amide bonds. The van der Waals surface area contributed by atoms with Crippen LogP contribution in [0.5, 0.6) is 0 Å². The quantitative estimate of drug-likeness (QED) is 0.340. The van der Waals surface area contributed by atoms with Gasteiger partial charge in [0.2, 0.25) is 0 Å². The van der Waals surface area contributed by atoms with Crippen molar-refractivity contribution in [1.82, 2.24) is 10.6 Å². The van der Waals surface area contributed by atoms with Gasteiger partial charge in [-0.05, 0) is 39.7 Å². The van der Waals surface area contributed by atoms with Crippen molar-refractivity contribution in [3.63, 3.8) is 0 Å². The Kier molecular flexibility index (Phi) is 11.0. The van der Waals surface area contributed by atoms with E-state index in [0.717, 1.165) is 5.56 Å². The normalized spacial score (nSPS) is 12.1. The average Bonchev–Trinajstić information content (AvgIpc) is 2.67. The number of benzene rings is 1. The maximum absolute atomic E-state index is 12.1. The van der Waals surface area contributed by atoms with Crippen LogP contribution in [0.3, 0.4) is 0 Å². The third kappa shape index (κ3) is 12.4. The lowest BCUT2D eigenvalue weighted by molar-refractivity contribution is -0.143. The third-order valence-corrected chi connectivity index (χ3v) is 3.57. The van der Waals surface area contributed by atoms with Crippen molar-refractivity contribution < 1.29 is 28.6 Å². The Morgan fingerprint density at radius 2 is 1.77 bits per heavy atom. The predicted molar refractivity (Wildman–Crippen MR) is 113 cm³/mol. The summed E-state index contributed by atoms with van der Waals surface area (Å²) in [6, 6.07) is 8.76. The van der Waals surface area contributed by atoms with Crippen molar-refractivity contribution in [3.05, 3.63) is 48.0 Å². The Labute approximate surface area is 178 Å². The molecule has 0 aromatic heterocycles. The van der Waals surface area contributed by atoms with Gasteiger partial charge in [-0.3, -0.25) is 4.79 Å². The van der Waals surface area contributed by atoms with Gasteiger partial charge in [0.05, 0.1) is 12.6 Å². The van der Waals surface area contributed by atoms with Gasteiger partial charge in [-0.15, -0.1) is 0 Å². The van der Waals surface area contributed by atoms with E-state index in [1.807, 2.05) is 30.3 Å². The van der Waals surface area contributed by atoms with E-state index in [-0.39, 0.29) is 25.5 Å². The number of hydrogen-bond acceptors (Lipinski definition) is 6. The summed E-state index contributed by atoms with van der Waals surface area (Å²) in [4.78, 5) is 35.4. The molecule has 1 rings (SSSR count). The third-order valence-electron chi connectivity index (χ3n) is 3.57. The number of nitrogens with one attached hydrogen (secondary N) is 2. The molecule has 0 fully saturated rings. The Bertz CT molecular complexity index is 697. The molecule has 1 aromatic rings. The molecule has 166 valence electrons. The lowest BCUT2D eigenvalue weighted by Gasteiger charge is -2.21. The topological polar surface area (TPSA) is 103 Å². The molecule has 0 aliphatic carbocycles. The van der Waals surface area contributed by atoms with Gasteiger partial charge in [0.15, 0.2) is 0 Å². The van der Waals surface area contributed by atoms with Crippen molar-refractivity contribution in [2.45, 2.75) is 58.8 Å². The van der Waals surface area contributed by atoms with Crippen molar-refractivity contribution in [2.24, 2.45) is 0 Å². The van der Waals surface area contributed by atoms with Gasteiger partial charge in [0, 0.05) is 13.0 Å². The molecular weight excluding hydrogens is 388 g/mol. The Hall–Kier alpha value is -3.03. The first kappa shape index (κ1) is 25.0. The van der Waals surface area contributed by atoms with Gasteiger partial charge < -0.3 is 24.8 Å². The zero-order valence-corrected chi connectivity index (χ0v) is 18.1. The van der Waals surface area contributed by atoms with Crippen LogP contribution >= 0.6 is 0 Å². The van der Waals surface area contributed by atoms with Crippen LogP contribution in [0.15, 0.2) is 42.5 Å². The van der Waals surface area contributed by atoms with Crippen molar-refractivity contribution >= 4 is 18.2 Å². The van der Waals surface area contributed by atoms with Crippen LogP contribution in [0.1, 0.15) is 46.1 Å². The molecule has 8 nitrogen and oxygen atoms in total. The highest BCUT2D eigenvalue weighted by Crippen LogP contribution is 2.06. The van der Waals surface area contributed by atoms with Crippen LogP contribution in [-0.2, 0) is 25.6 Å². The predicted octanol–water partition coefficient (Wildman–Crippen LogP) is 3.71. The molecule has 8 heteroatoms. The molecule has 2 N–H and O–H groups in total. The summed E-state index contributed by atoms with van der Waals surface area (Å²) in [5, 5.41) is 5.30. The van der Waals surface area contributed by atoms with Gasteiger partial charge in [-0.2, -0.15) is 0 Å². The van der Waals surface area contributed by atoms with Crippen molar-refractivity contribution in [2.75, 3.05) is 13.2 Å². The SMILES string of the molecule is CCOC(=O)CCC=C[C@H](CNC(=O)OC(C)(C)C)NC(=O)OCc1ccccc1. The maximum Gasteiger partial charge on any atom is 0.407 e.